The lowest BCUT2D eigenvalue weighted by Gasteiger charge is -2.63. The maximum absolute atomic E-state index is 15.5. The van der Waals surface area contributed by atoms with Gasteiger partial charge in [-0.3, -0.25) is 39.1 Å². The summed E-state index contributed by atoms with van der Waals surface area (Å²) >= 11 is 6.23. The Morgan fingerprint density at radius 1 is 0.950 bits per heavy atom. The SMILES string of the molecule is CC1(C)[C@H](NC(=O)c2ccc(N3CCN(C[C@@H]4[C@H]5CN(c6cc7c(cc6F)C(=O)N(C6CCC(=O)NC6=O)C7=O)C[C@@H]45)CC3)nn2)C(C)(C)[C@H]1Oc1ccc(C#N)c(Cl)c1. The highest BCUT2D eigenvalue weighted by molar-refractivity contribution is 6.31. The van der Waals surface area contributed by atoms with Crippen LogP contribution in [-0.4, -0.2) is 114 Å². The largest absolute Gasteiger partial charge is 0.489 e. The number of nitrogens with zero attached hydrogens (tertiary/aromatic N) is 7. The second kappa shape index (κ2) is 14.5. The number of hydrogen-bond acceptors (Lipinski definition) is 12. The van der Waals surface area contributed by atoms with Gasteiger partial charge in [0, 0.05) is 75.2 Å². The predicted molar refractivity (Wildman–Crippen MR) is 216 cm³/mol. The Morgan fingerprint density at radius 3 is 2.25 bits per heavy atom. The van der Waals surface area contributed by atoms with Crippen LogP contribution in [0.3, 0.4) is 0 Å². The molecular weight excluding hydrogens is 793 g/mol. The van der Waals surface area contributed by atoms with Crippen LogP contribution in [0, 0.1) is 45.7 Å². The molecule has 5 heterocycles. The number of carbonyl (C=O) groups excluding carboxylic acids is 5. The Labute approximate surface area is 351 Å². The van der Waals surface area contributed by atoms with E-state index >= 15 is 4.39 Å². The topological polar surface area (TPSA) is 181 Å². The van der Waals surface area contributed by atoms with Gasteiger partial charge in [0.1, 0.15) is 29.8 Å². The zero-order valence-corrected chi connectivity index (χ0v) is 34.5. The maximum atomic E-state index is 15.5. The lowest BCUT2D eigenvalue weighted by atomic mass is 9.49. The van der Waals surface area contributed by atoms with Gasteiger partial charge < -0.3 is 19.9 Å². The second-order valence-electron chi connectivity index (χ2n) is 18.1. The first kappa shape index (κ1) is 39.8. The van der Waals surface area contributed by atoms with Gasteiger partial charge in [0.2, 0.25) is 11.8 Å². The molecular formula is C43H45ClFN9O6. The number of ether oxygens (including phenoxy) is 1. The van der Waals surface area contributed by atoms with Gasteiger partial charge >= 0.3 is 0 Å². The average molecular weight is 838 g/mol. The van der Waals surface area contributed by atoms with Crippen molar-refractivity contribution in [3.05, 3.63) is 75.7 Å². The number of fused-ring (bicyclic) bond motifs is 2. The molecule has 2 aliphatic carbocycles. The van der Waals surface area contributed by atoms with Crippen molar-refractivity contribution in [3.63, 3.8) is 0 Å². The van der Waals surface area contributed by atoms with E-state index in [2.05, 4.69) is 36.7 Å². The monoisotopic (exact) mass is 837 g/mol. The van der Waals surface area contributed by atoms with E-state index in [1.54, 1.807) is 24.3 Å². The van der Waals surface area contributed by atoms with Gasteiger partial charge in [-0.1, -0.05) is 39.3 Å². The minimum absolute atomic E-state index is 0.0138. The van der Waals surface area contributed by atoms with Gasteiger partial charge in [-0.15, -0.1) is 10.2 Å². The average Bonchev–Trinajstić information content (AvgIpc) is 3.52. The Balaban J connectivity index is 0.743. The summed E-state index contributed by atoms with van der Waals surface area (Å²) in [7, 11) is 0. The number of carbonyl (C=O) groups is 5. The summed E-state index contributed by atoms with van der Waals surface area (Å²) in [5.74, 6) is -0.863. The molecule has 1 aromatic heterocycles. The number of benzene rings is 2. The van der Waals surface area contributed by atoms with E-state index in [4.69, 9.17) is 16.3 Å². The van der Waals surface area contributed by atoms with E-state index in [0.717, 1.165) is 43.7 Å². The molecule has 4 aliphatic heterocycles. The molecule has 5 fully saturated rings. The van der Waals surface area contributed by atoms with Crippen molar-refractivity contribution >= 4 is 52.6 Å². The first-order valence-corrected chi connectivity index (χ1v) is 20.7. The molecule has 1 unspecified atom stereocenters. The Bertz CT molecular complexity index is 2350. The molecule has 0 radical (unpaired) electrons. The number of nitriles is 1. The van der Waals surface area contributed by atoms with Crippen LogP contribution < -0.4 is 25.2 Å². The molecule has 5 amide bonds. The number of nitrogens with one attached hydrogen (secondary N) is 2. The smallest absolute Gasteiger partial charge is 0.272 e. The van der Waals surface area contributed by atoms with Crippen molar-refractivity contribution in [3.8, 4) is 11.8 Å². The van der Waals surface area contributed by atoms with Gasteiger partial charge in [0.15, 0.2) is 11.5 Å². The zero-order chi connectivity index (χ0) is 42.4. The molecule has 2 N–H and O–H groups in total. The third-order valence-electron chi connectivity index (χ3n) is 13.7. The Hall–Kier alpha value is -5.66. The van der Waals surface area contributed by atoms with Crippen LogP contribution in [0.5, 0.6) is 5.75 Å². The molecule has 60 heavy (non-hydrogen) atoms. The summed E-state index contributed by atoms with van der Waals surface area (Å²) in [5, 5.41) is 23.6. The van der Waals surface area contributed by atoms with Crippen LogP contribution >= 0.6 is 11.6 Å². The normalized spacial score (nSPS) is 27.8. The number of piperidine rings is 2. The molecule has 15 nitrogen and oxygen atoms in total. The lowest BCUT2D eigenvalue weighted by Crippen LogP contribution is -2.74. The van der Waals surface area contributed by atoms with Crippen LogP contribution in [0.1, 0.15) is 77.3 Å². The second-order valence-corrected chi connectivity index (χ2v) is 18.5. The summed E-state index contributed by atoms with van der Waals surface area (Å²) in [6.45, 7) is 13.6. The summed E-state index contributed by atoms with van der Waals surface area (Å²) in [5.41, 5.74) is 0.0745. The number of aromatic nitrogens is 2. The van der Waals surface area contributed by atoms with Gasteiger partial charge in [-0.2, -0.15) is 5.26 Å². The molecule has 6 aliphatic rings. The van der Waals surface area contributed by atoms with Crippen LogP contribution in [0.25, 0.3) is 0 Å². The number of rotatable bonds is 9. The highest BCUT2D eigenvalue weighted by atomic mass is 35.5. The van der Waals surface area contributed by atoms with Crippen molar-refractivity contribution in [1.29, 1.82) is 5.26 Å². The molecule has 3 aromatic rings. The summed E-state index contributed by atoms with van der Waals surface area (Å²) in [6, 6.07) is 11.8. The quantitative estimate of drug-likeness (QED) is 0.299. The van der Waals surface area contributed by atoms with E-state index in [-0.39, 0.29) is 53.4 Å². The Morgan fingerprint density at radius 2 is 1.63 bits per heavy atom. The number of hydrogen-bond donors (Lipinski definition) is 2. The van der Waals surface area contributed by atoms with E-state index in [0.29, 0.717) is 53.0 Å². The molecule has 312 valence electrons. The minimum Gasteiger partial charge on any atom is -0.489 e. The van der Waals surface area contributed by atoms with Crippen LogP contribution in [-0.2, 0) is 9.59 Å². The highest BCUT2D eigenvalue weighted by Crippen LogP contribution is 2.56. The molecule has 4 atom stereocenters. The van der Waals surface area contributed by atoms with Crippen LogP contribution in [0.15, 0.2) is 42.5 Å². The van der Waals surface area contributed by atoms with E-state index < -0.39 is 46.3 Å². The molecule has 0 bridgehead atoms. The van der Waals surface area contributed by atoms with Crippen LogP contribution in [0.4, 0.5) is 15.9 Å². The van der Waals surface area contributed by atoms with Crippen molar-refractivity contribution in [1.82, 2.24) is 30.6 Å². The van der Waals surface area contributed by atoms with Crippen molar-refractivity contribution in [2.75, 3.05) is 55.6 Å². The number of piperazine rings is 1. The molecule has 2 aromatic carbocycles. The van der Waals surface area contributed by atoms with Crippen molar-refractivity contribution < 1.29 is 33.1 Å². The number of halogens is 2. The first-order valence-electron chi connectivity index (χ1n) is 20.3. The van der Waals surface area contributed by atoms with Gasteiger partial charge in [-0.05, 0) is 60.6 Å². The number of amides is 5. The predicted octanol–water partition coefficient (Wildman–Crippen LogP) is 3.66. The van der Waals surface area contributed by atoms with E-state index in [1.165, 1.54) is 6.07 Å². The number of imide groups is 2. The third kappa shape index (κ3) is 6.62. The van der Waals surface area contributed by atoms with E-state index in [9.17, 15) is 29.2 Å². The van der Waals surface area contributed by atoms with Gasteiger partial charge in [-0.25, -0.2) is 4.39 Å². The fourth-order valence-electron chi connectivity index (χ4n) is 10.7. The van der Waals surface area contributed by atoms with Crippen LogP contribution in [0.2, 0.25) is 5.02 Å². The summed E-state index contributed by atoms with van der Waals surface area (Å²) in [6.07, 6.45) is -0.178. The fraction of sp³-hybridized carbons (Fsp3) is 0.488. The molecule has 17 heteroatoms. The van der Waals surface area contributed by atoms with Gasteiger partial charge in [0.05, 0.1) is 27.4 Å². The third-order valence-corrected chi connectivity index (χ3v) is 14.0. The standard InChI is InChI=1S/C43H45ClFN9O6/c1-42(2)40(43(3,4)41(42)60-23-6-5-22(18-46)29(44)15-23)48-36(56)31-7-9-34(50-49-31)52-13-11-51(12-14-52)19-26-27-20-53(21-28(26)27)33-17-25-24(16-30(33)45)38(58)54(39(25)59)32-8-10-35(55)47-37(32)57/h5-7,9,15-17,26-28,32,40-41H,8,10-14,19-21H2,1-4H3,(H,48,56)(H,47,55,57)/t26-,27-,28+,32?,40-,41-. The lowest BCUT2D eigenvalue weighted by molar-refractivity contribution is -0.164. The summed E-state index contributed by atoms with van der Waals surface area (Å²) in [4.78, 5) is 71.3. The number of anilines is 2. The molecule has 2 saturated carbocycles. The van der Waals surface area contributed by atoms with E-state index in [1.807, 2.05) is 38.7 Å². The fourth-order valence-corrected chi connectivity index (χ4v) is 10.9. The first-order chi connectivity index (χ1) is 28.6. The maximum Gasteiger partial charge on any atom is 0.272 e. The van der Waals surface area contributed by atoms with Gasteiger partial charge in [0.25, 0.3) is 17.7 Å². The Kier molecular flexibility index (Phi) is 9.62. The molecule has 9 rings (SSSR count). The summed E-state index contributed by atoms with van der Waals surface area (Å²) < 4.78 is 21.8. The van der Waals surface area contributed by atoms with Crippen molar-refractivity contribution in [2.24, 2.45) is 28.6 Å². The highest BCUT2D eigenvalue weighted by Gasteiger charge is 2.64. The molecule has 0 spiro atoms. The molecule has 3 saturated heterocycles. The van der Waals surface area contributed by atoms with Crippen molar-refractivity contribution in [2.45, 2.75) is 58.7 Å². The zero-order valence-electron chi connectivity index (χ0n) is 33.7. The minimum atomic E-state index is -1.10.